The Morgan fingerprint density at radius 3 is 2.51 bits per heavy atom. The van der Waals surface area contributed by atoms with Crippen molar-refractivity contribution in [2.45, 2.75) is 55.7 Å². The van der Waals surface area contributed by atoms with E-state index in [0.29, 0.717) is 13.1 Å². The number of carbonyl (C=O) groups is 3. The van der Waals surface area contributed by atoms with E-state index in [4.69, 9.17) is 0 Å². The van der Waals surface area contributed by atoms with E-state index in [1.54, 1.807) is 45.5 Å². The van der Waals surface area contributed by atoms with Gasteiger partial charge in [0.25, 0.3) is 5.91 Å². The lowest BCUT2D eigenvalue weighted by atomic mass is 9.65. The largest absolute Gasteiger partial charge is 0.394 e. The van der Waals surface area contributed by atoms with Gasteiger partial charge >= 0.3 is 0 Å². The number of aliphatic hydroxyl groups is 1. The highest BCUT2D eigenvalue weighted by Gasteiger charge is 2.76. The second kappa shape index (κ2) is 11.6. The van der Waals surface area contributed by atoms with Crippen LogP contribution >= 0.6 is 11.8 Å². The summed E-state index contributed by atoms with van der Waals surface area (Å²) in [6, 6.07) is 12.5. The maximum absolute atomic E-state index is 14.8. The summed E-state index contributed by atoms with van der Waals surface area (Å²) in [5.41, 5.74) is 0.732. The molecule has 7 atom stereocenters. The number of rotatable bonds is 11. The molecule has 3 heterocycles. The van der Waals surface area contributed by atoms with Gasteiger partial charge in [-0.15, -0.1) is 24.9 Å². The number of nitrogens with zero attached hydrogens (tertiary/aromatic N) is 3. The summed E-state index contributed by atoms with van der Waals surface area (Å²) in [4.78, 5) is 48.4. The first kappa shape index (κ1) is 29.4. The Morgan fingerprint density at radius 2 is 1.85 bits per heavy atom. The predicted molar refractivity (Wildman–Crippen MR) is 166 cm³/mol. The number of fused-ring (bicyclic) bond motifs is 2. The average molecular weight is 576 g/mol. The van der Waals surface area contributed by atoms with Gasteiger partial charge in [0.15, 0.2) is 0 Å². The number of carbonyl (C=O) groups excluding carboxylic acids is 3. The standard InChI is InChI=1S/C33H41N3O4S/c1-6-15-34(16-7-2)30(38)27-26-18-21(4)33(41-26)28(27)31(39)36(22(5)20-37)29(33)32(40)35(17-8-3)25-14-13-23-11-9-10-12-24(23)19-25/h6,8-14,19,21-22,26-29,37H,1,3,7,15-18,20H2,2,4-5H3/t21?,22-,26+,27-,28+,29?,33?/m1/s1. The van der Waals surface area contributed by atoms with Crippen LogP contribution in [0.15, 0.2) is 67.8 Å². The van der Waals surface area contributed by atoms with Gasteiger partial charge in [-0.1, -0.05) is 56.3 Å². The molecule has 3 fully saturated rings. The molecule has 1 N–H and O–H groups in total. The number of amides is 3. The number of benzene rings is 2. The van der Waals surface area contributed by atoms with Crippen LogP contribution in [0.5, 0.6) is 0 Å². The van der Waals surface area contributed by atoms with Gasteiger partial charge in [-0.2, -0.15) is 0 Å². The third-order valence-corrected chi connectivity index (χ3v) is 11.3. The molecule has 2 aromatic carbocycles. The number of hydrogen-bond acceptors (Lipinski definition) is 5. The zero-order valence-electron chi connectivity index (χ0n) is 24.2. The summed E-state index contributed by atoms with van der Waals surface area (Å²) in [5.74, 6) is -1.50. The minimum absolute atomic E-state index is 0.0291. The summed E-state index contributed by atoms with van der Waals surface area (Å²) in [6.45, 7) is 14.7. The van der Waals surface area contributed by atoms with Crippen LogP contribution in [0.4, 0.5) is 5.69 Å². The molecule has 41 heavy (non-hydrogen) atoms. The fourth-order valence-electron chi connectivity index (χ4n) is 7.46. The summed E-state index contributed by atoms with van der Waals surface area (Å²) < 4.78 is -0.759. The molecule has 2 aromatic rings. The van der Waals surface area contributed by atoms with E-state index in [1.165, 1.54) is 0 Å². The Hall–Kier alpha value is -3.10. The van der Waals surface area contributed by atoms with Crippen LogP contribution in [0.2, 0.25) is 0 Å². The Morgan fingerprint density at radius 1 is 1.15 bits per heavy atom. The molecule has 7 nitrogen and oxygen atoms in total. The Bertz CT molecular complexity index is 1360. The number of aliphatic hydroxyl groups excluding tert-OH is 1. The summed E-state index contributed by atoms with van der Waals surface area (Å²) in [5, 5.41) is 12.3. The maximum Gasteiger partial charge on any atom is 0.251 e. The second-order valence-electron chi connectivity index (χ2n) is 11.7. The number of thioether (sulfide) groups is 1. The molecule has 8 heteroatoms. The van der Waals surface area contributed by atoms with E-state index < -0.39 is 28.7 Å². The summed E-state index contributed by atoms with van der Waals surface area (Å²) in [7, 11) is 0. The third-order valence-electron chi connectivity index (χ3n) is 9.22. The minimum Gasteiger partial charge on any atom is -0.394 e. The van der Waals surface area contributed by atoms with Gasteiger partial charge in [-0.25, -0.2) is 0 Å². The molecule has 2 bridgehead atoms. The van der Waals surface area contributed by atoms with E-state index >= 15 is 0 Å². The van der Waals surface area contributed by atoms with E-state index in [9.17, 15) is 19.5 Å². The monoisotopic (exact) mass is 575 g/mol. The van der Waals surface area contributed by atoms with Crippen molar-refractivity contribution in [1.82, 2.24) is 9.80 Å². The zero-order valence-corrected chi connectivity index (χ0v) is 25.1. The normalized spacial score (nSPS) is 28.9. The maximum atomic E-state index is 14.8. The molecule has 0 radical (unpaired) electrons. The van der Waals surface area contributed by atoms with E-state index in [0.717, 1.165) is 29.3 Å². The van der Waals surface area contributed by atoms with E-state index in [2.05, 4.69) is 20.1 Å². The molecule has 3 aliphatic heterocycles. The number of anilines is 1. The number of hydrogen-bond donors (Lipinski definition) is 1. The fourth-order valence-corrected chi connectivity index (χ4v) is 9.85. The first-order valence-corrected chi connectivity index (χ1v) is 15.5. The van der Waals surface area contributed by atoms with Crippen LogP contribution in [0.1, 0.15) is 33.6 Å². The minimum atomic E-state index is -0.810. The van der Waals surface area contributed by atoms with Crippen LogP contribution in [-0.2, 0) is 14.4 Å². The number of likely N-dealkylation sites (tertiary alicyclic amines) is 1. The molecule has 0 aromatic heterocycles. The van der Waals surface area contributed by atoms with Crippen LogP contribution in [0.25, 0.3) is 10.8 Å². The quantitative estimate of drug-likeness (QED) is 0.399. The van der Waals surface area contributed by atoms with Crippen molar-refractivity contribution in [2.75, 3.05) is 31.1 Å². The Balaban J connectivity index is 1.60. The summed E-state index contributed by atoms with van der Waals surface area (Å²) >= 11 is 1.66. The third kappa shape index (κ3) is 4.59. The average Bonchev–Trinajstić information content (AvgIpc) is 3.58. The van der Waals surface area contributed by atoms with Crippen molar-refractivity contribution >= 4 is 45.9 Å². The second-order valence-corrected chi connectivity index (χ2v) is 13.2. The molecule has 3 aliphatic rings. The molecule has 5 rings (SSSR count). The molecule has 3 unspecified atom stereocenters. The van der Waals surface area contributed by atoms with Crippen LogP contribution in [0, 0.1) is 17.8 Å². The van der Waals surface area contributed by atoms with Gasteiger partial charge in [-0.3, -0.25) is 14.4 Å². The van der Waals surface area contributed by atoms with Crippen molar-refractivity contribution in [3.8, 4) is 0 Å². The SMILES string of the molecule is C=CCN(CCC)C(=O)[C@@H]1[C@@H]2CC(C)C3(S2)C(C(=O)N(CC=C)c2ccc4ccccc4c2)N([C@H](C)CO)C(=O)[C@H]13. The highest BCUT2D eigenvalue weighted by Crippen LogP contribution is 2.69. The van der Waals surface area contributed by atoms with Crippen molar-refractivity contribution in [1.29, 1.82) is 0 Å². The molecule has 218 valence electrons. The Kier molecular flexibility index (Phi) is 8.35. The van der Waals surface area contributed by atoms with E-state index in [1.807, 2.05) is 49.4 Å². The fraction of sp³-hybridized carbons (Fsp3) is 0.485. The van der Waals surface area contributed by atoms with Gasteiger partial charge in [0.2, 0.25) is 11.8 Å². The van der Waals surface area contributed by atoms with Crippen LogP contribution in [-0.4, -0.2) is 80.9 Å². The molecular formula is C33H41N3O4S. The summed E-state index contributed by atoms with van der Waals surface area (Å²) in [6.07, 6.45) is 5.00. The topological polar surface area (TPSA) is 81.2 Å². The lowest BCUT2D eigenvalue weighted by Gasteiger charge is -2.42. The molecule has 0 aliphatic carbocycles. The van der Waals surface area contributed by atoms with Crippen LogP contribution < -0.4 is 4.90 Å². The molecule has 0 saturated carbocycles. The van der Waals surface area contributed by atoms with Crippen LogP contribution in [0.3, 0.4) is 0 Å². The highest BCUT2D eigenvalue weighted by molar-refractivity contribution is 8.02. The van der Waals surface area contributed by atoms with Gasteiger partial charge in [0.1, 0.15) is 6.04 Å². The first-order chi connectivity index (χ1) is 19.7. The molecule has 1 spiro atoms. The van der Waals surface area contributed by atoms with Gasteiger partial charge in [-0.05, 0) is 48.6 Å². The van der Waals surface area contributed by atoms with Crippen molar-refractivity contribution in [2.24, 2.45) is 17.8 Å². The van der Waals surface area contributed by atoms with Gasteiger partial charge < -0.3 is 19.8 Å². The predicted octanol–water partition coefficient (Wildman–Crippen LogP) is 4.50. The smallest absolute Gasteiger partial charge is 0.251 e. The van der Waals surface area contributed by atoms with Gasteiger partial charge in [0, 0.05) is 30.6 Å². The lowest BCUT2D eigenvalue weighted by molar-refractivity contribution is -0.145. The molecular weight excluding hydrogens is 534 g/mol. The highest BCUT2D eigenvalue weighted by atomic mass is 32.2. The van der Waals surface area contributed by atoms with Crippen molar-refractivity contribution < 1.29 is 19.5 Å². The van der Waals surface area contributed by atoms with Gasteiger partial charge in [0.05, 0.1) is 29.2 Å². The lowest BCUT2D eigenvalue weighted by Crippen LogP contribution is -2.59. The van der Waals surface area contributed by atoms with Crippen molar-refractivity contribution in [3.63, 3.8) is 0 Å². The molecule has 3 amide bonds. The zero-order chi connectivity index (χ0) is 29.5. The van der Waals surface area contributed by atoms with Crippen molar-refractivity contribution in [3.05, 3.63) is 67.8 Å². The Labute approximate surface area is 247 Å². The molecule has 3 saturated heterocycles. The first-order valence-electron chi connectivity index (χ1n) is 14.7. The van der Waals surface area contributed by atoms with E-state index in [-0.39, 0.29) is 42.0 Å².